The molecule has 27 heavy (non-hydrogen) atoms. The minimum Gasteiger partial charge on any atom is -0.454 e. The van der Waals surface area contributed by atoms with Crippen LogP contribution in [0.3, 0.4) is 0 Å². The van der Waals surface area contributed by atoms with Crippen LogP contribution in [0.15, 0.2) is 51.8 Å². The van der Waals surface area contributed by atoms with Crippen LogP contribution in [0, 0.1) is 0 Å². The molecule has 0 radical (unpaired) electrons. The summed E-state index contributed by atoms with van der Waals surface area (Å²) in [7, 11) is 0. The minimum atomic E-state index is -0.864. The Balaban J connectivity index is 1.41. The molecule has 0 fully saturated rings. The summed E-state index contributed by atoms with van der Waals surface area (Å²) in [6.45, 7) is 2.07. The van der Waals surface area contributed by atoms with E-state index in [0.717, 1.165) is 14.9 Å². The highest BCUT2D eigenvalue weighted by atomic mass is 79.9. The third kappa shape index (κ3) is 5.64. The lowest BCUT2D eigenvalue weighted by Gasteiger charge is -2.13. The number of fused-ring (bicyclic) bond motifs is 1. The Morgan fingerprint density at radius 1 is 1.19 bits per heavy atom. The molecule has 6 nitrogen and oxygen atoms in total. The Labute approximate surface area is 169 Å². The minimum absolute atomic E-state index is 0.140. The molecule has 1 N–H and O–H groups in total. The third-order valence-electron chi connectivity index (χ3n) is 3.75. The highest BCUT2D eigenvalue weighted by Gasteiger charge is 2.18. The van der Waals surface area contributed by atoms with Gasteiger partial charge in [-0.2, -0.15) is 0 Å². The van der Waals surface area contributed by atoms with Gasteiger partial charge in [-0.15, -0.1) is 11.8 Å². The fraction of sp³-hybridized carbons (Fsp3) is 0.263. The topological polar surface area (TPSA) is 73.9 Å². The second-order valence-corrected chi connectivity index (χ2v) is 7.74. The van der Waals surface area contributed by atoms with Crippen molar-refractivity contribution in [3.63, 3.8) is 0 Å². The monoisotopic (exact) mass is 451 g/mol. The fourth-order valence-corrected chi connectivity index (χ4v) is 3.29. The van der Waals surface area contributed by atoms with Gasteiger partial charge in [-0.25, -0.2) is 0 Å². The van der Waals surface area contributed by atoms with Crippen LogP contribution in [0.5, 0.6) is 11.5 Å². The summed E-state index contributed by atoms with van der Waals surface area (Å²) in [5.41, 5.74) is 0.872. The van der Waals surface area contributed by atoms with Crippen LogP contribution in [0.25, 0.3) is 0 Å². The van der Waals surface area contributed by atoms with Gasteiger partial charge in [0.1, 0.15) is 0 Å². The Morgan fingerprint density at radius 2 is 1.93 bits per heavy atom. The van der Waals surface area contributed by atoms with Crippen molar-refractivity contribution in [1.82, 2.24) is 5.32 Å². The van der Waals surface area contributed by atoms with E-state index in [1.807, 2.05) is 36.4 Å². The largest absolute Gasteiger partial charge is 0.454 e. The van der Waals surface area contributed by atoms with Gasteiger partial charge in [0.25, 0.3) is 5.91 Å². The third-order valence-corrected chi connectivity index (χ3v) is 5.27. The first kappa shape index (κ1) is 19.6. The average Bonchev–Trinajstić information content (AvgIpc) is 3.13. The van der Waals surface area contributed by atoms with Crippen LogP contribution in [-0.2, 0) is 20.9 Å². The van der Waals surface area contributed by atoms with Crippen molar-refractivity contribution in [1.29, 1.82) is 0 Å². The molecule has 2 aromatic carbocycles. The van der Waals surface area contributed by atoms with E-state index in [4.69, 9.17) is 14.2 Å². The summed E-state index contributed by atoms with van der Waals surface area (Å²) in [5.74, 6) is 0.701. The van der Waals surface area contributed by atoms with Crippen molar-refractivity contribution < 1.29 is 23.8 Å². The number of halogens is 1. The second kappa shape index (κ2) is 9.14. The van der Waals surface area contributed by atoms with Gasteiger partial charge in [0, 0.05) is 15.9 Å². The summed E-state index contributed by atoms with van der Waals surface area (Å²) in [6.07, 6.45) is -0.864. The number of benzene rings is 2. The van der Waals surface area contributed by atoms with Gasteiger partial charge < -0.3 is 19.5 Å². The van der Waals surface area contributed by atoms with Gasteiger partial charge in [0.2, 0.25) is 6.79 Å². The van der Waals surface area contributed by atoms with Gasteiger partial charge >= 0.3 is 5.97 Å². The smallest absolute Gasteiger partial charge is 0.317 e. The highest BCUT2D eigenvalue weighted by molar-refractivity contribution is 9.10. The molecule has 2 aromatic rings. The average molecular weight is 452 g/mol. The van der Waals surface area contributed by atoms with E-state index >= 15 is 0 Å². The first-order valence-electron chi connectivity index (χ1n) is 8.25. The van der Waals surface area contributed by atoms with Crippen molar-refractivity contribution in [3.05, 3.63) is 52.5 Å². The number of ether oxygens (including phenoxy) is 3. The summed E-state index contributed by atoms with van der Waals surface area (Å²) in [5, 5.41) is 2.75. The van der Waals surface area contributed by atoms with Gasteiger partial charge in [-0.1, -0.05) is 22.0 Å². The number of carbonyl (C=O) groups is 2. The maximum atomic E-state index is 12.1. The van der Waals surface area contributed by atoms with Crippen LogP contribution in [0.2, 0.25) is 0 Å². The zero-order chi connectivity index (χ0) is 19.2. The van der Waals surface area contributed by atoms with Crippen molar-refractivity contribution in [3.8, 4) is 11.5 Å². The zero-order valence-electron chi connectivity index (χ0n) is 14.6. The summed E-state index contributed by atoms with van der Waals surface area (Å²) >= 11 is 4.72. The number of hydrogen-bond donors (Lipinski definition) is 1. The SMILES string of the molecule is CC(OC(=O)CSc1ccc(Br)cc1)C(=O)NCc1ccc2c(c1)OCO2. The Bertz CT molecular complexity index is 827. The molecule has 1 unspecified atom stereocenters. The van der Waals surface area contributed by atoms with Gasteiger partial charge in [-0.3, -0.25) is 9.59 Å². The van der Waals surface area contributed by atoms with Crippen LogP contribution >= 0.6 is 27.7 Å². The van der Waals surface area contributed by atoms with Gasteiger partial charge in [-0.05, 0) is 48.9 Å². The van der Waals surface area contributed by atoms with E-state index in [9.17, 15) is 9.59 Å². The van der Waals surface area contributed by atoms with Crippen LogP contribution < -0.4 is 14.8 Å². The first-order chi connectivity index (χ1) is 13.0. The van der Waals surface area contributed by atoms with Crippen molar-refractivity contribution >= 4 is 39.6 Å². The Kier molecular flexibility index (Phi) is 6.63. The number of thioether (sulfide) groups is 1. The lowest BCUT2D eigenvalue weighted by atomic mass is 10.2. The van der Waals surface area contributed by atoms with Crippen LogP contribution in [0.4, 0.5) is 0 Å². The molecule has 0 saturated heterocycles. The number of esters is 1. The molecule has 1 heterocycles. The standard InChI is InChI=1S/C19H18BrNO5S/c1-12(26-18(22)10-27-15-5-3-14(20)4-6-15)19(23)21-9-13-2-7-16-17(8-13)25-11-24-16/h2-8,12H,9-11H2,1H3,(H,21,23). The molecular weight excluding hydrogens is 434 g/mol. The molecule has 1 atom stereocenters. The van der Waals surface area contributed by atoms with Crippen molar-refractivity contribution in [2.24, 2.45) is 0 Å². The van der Waals surface area contributed by atoms with E-state index in [1.165, 1.54) is 11.8 Å². The lowest BCUT2D eigenvalue weighted by molar-refractivity contribution is -0.152. The predicted octanol–water partition coefficient (Wildman–Crippen LogP) is 3.52. The Morgan fingerprint density at radius 3 is 2.70 bits per heavy atom. The number of carbonyl (C=O) groups excluding carboxylic acids is 2. The molecule has 8 heteroatoms. The van der Waals surface area contributed by atoms with Gasteiger partial charge in [0.15, 0.2) is 17.6 Å². The first-order valence-corrected chi connectivity index (χ1v) is 10.0. The van der Waals surface area contributed by atoms with E-state index in [-0.39, 0.29) is 18.5 Å². The number of amides is 1. The maximum absolute atomic E-state index is 12.1. The number of rotatable bonds is 7. The molecule has 3 rings (SSSR count). The van der Waals surface area contributed by atoms with E-state index in [1.54, 1.807) is 13.0 Å². The normalized spacial score (nSPS) is 13.1. The number of nitrogens with one attached hydrogen (secondary N) is 1. The Hall–Kier alpha value is -2.19. The number of hydrogen-bond acceptors (Lipinski definition) is 6. The van der Waals surface area contributed by atoms with Crippen molar-refractivity contribution in [2.75, 3.05) is 12.5 Å². The van der Waals surface area contributed by atoms with E-state index in [2.05, 4.69) is 21.2 Å². The zero-order valence-corrected chi connectivity index (χ0v) is 17.0. The molecule has 1 amide bonds. The summed E-state index contributed by atoms with van der Waals surface area (Å²) in [6, 6.07) is 13.1. The lowest BCUT2D eigenvalue weighted by Crippen LogP contribution is -2.35. The molecule has 1 aliphatic heterocycles. The molecule has 0 spiro atoms. The highest BCUT2D eigenvalue weighted by Crippen LogP contribution is 2.32. The van der Waals surface area contributed by atoms with Crippen LogP contribution in [-0.4, -0.2) is 30.5 Å². The molecule has 0 bridgehead atoms. The molecule has 142 valence electrons. The fourth-order valence-electron chi connectivity index (χ4n) is 2.34. The molecule has 0 aromatic heterocycles. The molecule has 0 saturated carbocycles. The molecular formula is C19H18BrNO5S. The summed E-state index contributed by atoms with van der Waals surface area (Å²) < 4.78 is 16.7. The predicted molar refractivity (Wildman–Crippen MR) is 105 cm³/mol. The quantitative estimate of drug-likeness (QED) is 0.512. The summed E-state index contributed by atoms with van der Waals surface area (Å²) in [4.78, 5) is 25.0. The molecule has 0 aliphatic carbocycles. The van der Waals surface area contributed by atoms with E-state index in [0.29, 0.717) is 18.0 Å². The van der Waals surface area contributed by atoms with E-state index < -0.39 is 12.1 Å². The van der Waals surface area contributed by atoms with Crippen LogP contribution in [0.1, 0.15) is 12.5 Å². The van der Waals surface area contributed by atoms with Crippen molar-refractivity contribution in [2.45, 2.75) is 24.5 Å². The second-order valence-electron chi connectivity index (χ2n) is 5.78. The maximum Gasteiger partial charge on any atom is 0.317 e. The molecule has 1 aliphatic rings. The van der Waals surface area contributed by atoms with Gasteiger partial charge in [0.05, 0.1) is 5.75 Å².